The number of aromatic amines is 2. The Labute approximate surface area is 570 Å². The Morgan fingerprint density at radius 1 is 0.625 bits per heavy atom. The molecule has 2 aromatic heterocycles. The minimum Gasteiger partial charge on any atom is -0.480 e. The van der Waals surface area contributed by atoms with Gasteiger partial charge in [0, 0.05) is 84.5 Å². The Morgan fingerprint density at radius 2 is 1.19 bits per heavy atom. The number of nitrogens with two attached hydrogens (primary N) is 1. The Morgan fingerprint density at radius 3 is 1.82 bits per heavy atom. The number of hydrogen-bond acceptors (Lipinski definition) is 20. The van der Waals surface area contributed by atoms with Crippen LogP contribution in [-0.4, -0.2) is 245 Å². The van der Waals surface area contributed by atoms with Crippen molar-refractivity contribution in [3.63, 3.8) is 0 Å². The second-order valence-corrected chi connectivity index (χ2v) is 29.4. The first-order valence-electron chi connectivity index (χ1n) is 32.3. The number of carbonyl (C=O) groups excluding carboxylic acids is 12. The molecule has 5 fully saturated rings. The summed E-state index contributed by atoms with van der Waals surface area (Å²) in [5, 5.41) is 46.1. The average molecular weight is 1410 g/mol. The summed E-state index contributed by atoms with van der Waals surface area (Å²) >= 11 is 0. The van der Waals surface area contributed by atoms with Gasteiger partial charge in [-0.3, -0.25) is 57.5 Å². The number of carboxylic acids is 1. The molecule has 0 radical (unpaired) electrons. The number of aliphatic hydroxyl groups excluding tert-OH is 1. The van der Waals surface area contributed by atoms with Crippen LogP contribution in [0.4, 0.5) is 0 Å². The van der Waals surface area contributed by atoms with Gasteiger partial charge in [-0.15, -0.1) is 0 Å². The number of carbonyl (C=O) groups is 13. The third kappa shape index (κ3) is 19.1. The highest BCUT2D eigenvalue weighted by Gasteiger charge is 2.46. The molecule has 5 aliphatic rings. The van der Waals surface area contributed by atoms with Crippen LogP contribution < -0.4 is 53.6 Å². The van der Waals surface area contributed by atoms with Gasteiger partial charge in [0.1, 0.15) is 72.5 Å². The fraction of sp³-hybridized carbons (Fsp3) is 0.607. The second kappa shape index (κ2) is 35.6. The number of fused-ring (bicyclic) bond motifs is 12. The fourth-order valence-electron chi connectivity index (χ4n) is 12.2. The largest absolute Gasteiger partial charge is 0.480 e. The molecule has 5 saturated heterocycles. The zero-order valence-electron chi connectivity index (χ0n) is 53.6. The molecule has 0 unspecified atom stereocenters. The number of imidazole rings is 1. The van der Waals surface area contributed by atoms with E-state index in [2.05, 4.69) is 62.8 Å². The van der Waals surface area contributed by atoms with E-state index in [1.54, 1.807) is 20.0 Å². The fourth-order valence-corrected chi connectivity index (χ4v) is 16.8. The molecule has 31 nitrogen and oxygen atoms in total. The number of H-pyrrole nitrogens is 2. The van der Waals surface area contributed by atoms with E-state index < -0.39 is 168 Å². The molecule has 15 N–H and O–H groups in total. The number of amides is 12. The van der Waals surface area contributed by atoms with Gasteiger partial charge in [-0.25, -0.2) is 9.78 Å². The molecular weight excluding hydrogens is 1330 g/mol. The second-order valence-electron chi connectivity index (χ2n) is 24.3. The van der Waals surface area contributed by atoms with E-state index >= 15 is 14.4 Å². The average Bonchev–Trinajstić information content (AvgIpc) is 1.75. The highest BCUT2D eigenvalue weighted by Crippen LogP contribution is 2.30. The minimum absolute atomic E-state index is 0.0631. The molecule has 2 bridgehead atoms. The number of carboxylic acid groups (broad SMARTS) is 1. The molecule has 96 heavy (non-hydrogen) atoms. The maximum Gasteiger partial charge on any atom is 0.327 e. The van der Waals surface area contributed by atoms with Crippen LogP contribution in [0.2, 0.25) is 0 Å². The zero-order chi connectivity index (χ0) is 69.2. The molecule has 3 aromatic rings. The number of unbranched alkanes of at least 4 members (excludes halogenated alkanes) is 1. The van der Waals surface area contributed by atoms with E-state index in [0.717, 1.165) is 54.1 Å². The van der Waals surface area contributed by atoms with E-state index in [9.17, 15) is 58.2 Å². The van der Waals surface area contributed by atoms with Gasteiger partial charge in [-0.05, 0) is 62.5 Å². The smallest absolute Gasteiger partial charge is 0.327 e. The number of para-hydroxylation sites is 1. The van der Waals surface area contributed by atoms with E-state index in [4.69, 9.17) is 5.73 Å². The summed E-state index contributed by atoms with van der Waals surface area (Å²) in [5.74, 6) is -13.1. The Balaban J connectivity index is 1.20. The number of aliphatic hydroxyl groups is 1. The minimum atomic E-state index is -1.78. The number of rotatable bonds is 13. The first-order valence-corrected chi connectivity index (χ1v) is 37.3. The summed E-state index contributed by atoms with van der Waals surface area (Å²) in [4.78, 5) is 202. The van der Waals surface area contributed by atoms with E-state index in [-0.39, 0.29) is 81.2 Å². The normalized spacial score (nSPS) is 28.4. The quantitative estimate of drug-likeness (QED) is 0.0829. The summed E-state index contributed by atoms with van der Waals surface area (Å²) in [6, 6.07) is -9.58. The van der Waals surface area contributed by atoms with Crippen molar-refractivity contribution in [2.24, 2.45) is 11.7 Å². The van der Waals surface area contributed by atoms with E-state index in [0.29, 0.717) is 49.8 Å². The topological polar surface area (TPSA) is 451 Å². The molecule has 8 rings (SSSR count). The molecule has 13 atom stereocenters. The predicted molar refractivity (Wildman–Crippen MR) is 358 cm³/mol. The monoisotopic (exact) mass is 1410 g/mol. The number of nitrogens with one attached hydrogen (secondary N) is 11. The van der Waals surface area contributed by atoms with Crippen molar-refractivity contribution in [1.29, 1.82) is 0 Å². The molecule has 12 amide bonds. The maximum absolute atomic E-state index is 15.1. The number of hydrogen-bond donors (Lipinski definition) is 14. The van der Waals surface area contributed by atoms with Crippen LogP contribution in [0.25, 0.3) is 10.9 Å². The van der Waals surface area contributed by atoms with Crippen molar-refractivity contribution in [1.82, 2.24) is 77.5 Å². The first-order chi connectivity index (χ1) is 46.1. The van der Waals surface area contributed by atoms with Gasteiger partial charge in [-0.1, -0.05) is 101 Å². The Kier molecular flexibility index (Phi) is 27.5. The lowest BCUT2D eigenvalue weighted by Gasteiger charge is -2.33. The third-order valence-corrected chi connectivity index (χ3v) is 22.6. The highest BCUT2D eigenvalue weighted by molar-refractivity contribution is 8.77. The lowest BCUT2D eigenvalue weighted by atomic mass is 9.96. The van der Waals surface area contributed by atoms with Crippen molar-refractivity contribution in [2.45, 2.75) is 170 Å². The molecule has 524 valence electrons. The lowest BCUT2D eigenvalue weighted by Crippen LogP contribution is -2.62. The van der Waals surface area contributed by atoms with Crippen LogP contribution in [-0.2, 0) is 75.2 Å². The molecular formula is C61H86N16O15S4. The summed E-state index contributed by atoms with van der Waals surface area (Å²) in [6.07, 6.45) is 7.13. The van der Waals surface area contributed by atoms with Gasteiger partial charge < -0.3 is 88.5 Å². The number of nitrogens with zero attached hydrogens (tertiary/aromatic N) is 4. The summed E-state index contributed by atoms with van der Waals surface area (Å²) in [6.45, 7) is 3.99. The van der Waals surface area contributed by atoms with E-state index in [1.807, 2.05) is 31.2 Å². The molecule has 1 aromatic carbocycles. The van der Waals surface area contributed by atoms with Crippen LogP contribution in [0.1, 0.15) is 96.2 Å². The van der Waals surface area contributed by atoms with Gasteiger partial charge in [0.15, 0.2) is 0 Å². The van der Waals surface area contributed by atoms with E-state index in [1.165, 1.54) is 27.2 Å². The van der Waals surface area contributed by atoms with Crippen molar-refractivity contribution >= 4 is 131 Å². The third-order valence-electron chi connectivity index (χ3n) is 17.7. The number of aliphatic carboxylic acids is 1. The number of aromatic nitrogens is 3. The zero-order valence-corrected chi connectivity index (χ0v) is 56.9. The maximum atomic E-state index is 15.1. The van der Waals surface area contributed by atoms with Gasteiger partial charge in [-0.2, -0.15) is 0 Å². The molecule has 35 heteroatoms. The van der Waals surface area contributed by atoms with Gasteiger partial charge >= 0.3 is 5.97 Å². The standard InChI is InChI=1S/C61H86N16O15S4/c1-4-6-13-37-58(88)75-18-9-15-45(75)56(86)73-44(61(91)92)30-96-95-28-42-53(83)70-40(26-78)51(81)69-39(22-34-25-63-31-65-34)59(89)77-20-11-17-47(77)60(90)76-19-10-16-46(76)55(85)72-43(29-94-93-27-41(52(82)71-42)66-48(79)23-62)54(84)74-49(32(3)5-2)57(87)68-38(50(80)67-37)21-33-24-64-36-14-8-7-12-35(33)36/h7-8,12,14,24-25,31-32,37-47,49,64,78H,4-6,9-11,13,15-23,26-30,62H2,1-3H3,(H,63,65)(H,66,79)(H,67,80)(H,68,87)(H,69,81)(H,70,83)(H,71,82)(H,72,85)(H,73,86)(H,74,84)(H,91,92)/t32-,37+,38+,39+,40+,41+,42+,43+,44+,45+,46+,47+,49+/m1/s1. The molecule has 0 saturated carbocycles. The van der Waals surface area contributed by atoms with Crippen LogP contribution in [0, 0.1) is 5.92 Å². The molecule has 0 aliphatic carbocycles. The van der Waals surface area contributed by atoms with Crippen LogP contribution in [0.15, 0.2) is 43.0 Å². The number of benzene rings is 1. The van der Waals surface area contributed by atoms with Gasteiger partial charge in [0.25, 0.3) is 0 Å². The van der Waals surface area contributed by atoms with Crippen molar-refractivity contribution in [3.05, 3.63) is 54.2 Å². The Bertz CT molecular complexity index is 3310. The summed E-state index contributed by atoms with van der Waals surface area (Å²) in [7, 11) is 3.69. The summed E-state index contributed by atoms with van der Waals surface area (Å²) in [5.41, 5.74) is 7.45. The Hall–Kier alpha value is -7.60. The highest BCUT2D eigenvalue weighted by atomic mass is 33.1. The lowest BCUT2D eigenvalue weighted by molar-refractivity contribution is -0.148. The van der Waals surface area contributed by atoms with Gasteiger partial charge in [0.05, 0.1) is 19.5 Å². The SMILES string of the molecule is CCCC[C@@H]1NC(=O)[C@H](Cc2c[nH]c3ccccc23)NC(=O)[C@H]([C@H](C)CC)NC(=O)[C@@H]2CSSC[C@H](NC(=O)CN)C(=O)N[C@@H](CSSC[C@@H](C(=O)O)NC(=O)[C@@H]3CCCN3C1=O)C(=O)N[C@@H](CO)C(=O)N[C@@H](Cc1cnc[nH]1)C(=O)N1CCC[C@H]1C(=O)N1CCC[C@H]1C(=O)N2. The van der Waals surface area contributed by atoms with Crippen LogP contribution in [0.5, 0.6) is 0 Å². The predicted octanol–water partition coefficient (Wildman–Crippen LogP) is -1.93. The molecule has 0 spiro atoms. The molecule has 7 heterocycles. The van der Waals surface area contributed by atoms with Crippen molar-refractivity contribution in [3.8, 4) is 0 Å². The van der Waals surface area contributed by atoms with Gasteiger partial charge in [0.2, 0.25) is 70.9 Å². The molecule has 5 aliphatic heterocycles. The first kappa shape index (κ1) is 74.2. The van der Waals surface area contributed by atoms with Crippen LogP contribution in [0.3, 0.4) is 0 Å². The van der Waals surface area contributed by atoms with Crippen molar-refractivity contribution < 1.29 is 72.5 Å². The van der Waals surface area contributed by atoms with Crippen LogP contribution >= 0.6 is 43.2 Å². The summed E-state index contributed by atoms with van der Waals surface area (Å²) < 4.78 is 0. The van der Waals surface area contributed by atoms with Crippen molar-refractivity contribution in [2.75, 3.05) is 55.8 Å².